The molecule has 0 spiro atoms. The molecule has 3 rings (SSSR count). The molecule has 1 aliphatic rings. The highest BCUT2D eigenvalue weighted by atomic mass is 16.5. The van der Waals surface area contributed by atoms with Gasteiger partial charge in [0, 0.05) is 44.5 Å². The molecule has 28 heavy (non-hydrogen) atoms. The zero-order valence-electron chi connectivity index (χ0n) is 16.2. The zero-order chi connectivity index (χ0) is 20.1. The smallest absolute Gasteiger partial charge is 0.248 e. The van der Waals surface area contributed by atoms with Crippen molar-refractivity contribution in [1.82, 2.24) is 19.8 Å². The fourth-order valence-corrected chi connectivity index (χ4v) is 3.25. The third-order valence-electron chi connectivity index (χ3n) is 4.79. The molecule has 1 fully saturated rings. The molecule has 2 heterocycles. The number of benzene rings is 1. The lowest BCUT2D eigenvalue weighted by atomic mass is 9.94. The van der Waals surface area contributed by atoms with Crippen LogP contribution in [0, 0.1) is 0 Å². The number of carbonyl (C=O) groups excluding carboxylic acids is 2. The van der Waals surface area contributed by atoms with E-state index >= 15 is 0 Å². The topological polar surface area (TPSA) is 102 Å². The van der Waals surface area contributed by atoms with Crippen molar-refractivity contribution in [2.45, 2.75) is 18.8 Å². The Labute approximate surface area is 164 Å². The first-order valence-electron chi connectivity index (χ1n) is 9.25. The van der Waals surface area contributed by atoms with E-state index in [0.29, 0.717) is 23.7 Å². The van der Waals surface area contributed by atoms with Crippen molar-refractivity contribution in [3.63, 3.8) is 0 Å². The van der Waals surface area contributed by atoms with E-state index in [4.69, 9.17) is 10.5 Å². The van der Waals surface area contributed by atoms with Crippen molar-refractivity contribution < 1.29 is 14.3 Å². The summed E-state index contributed by atoms with van der Waals surface area (Å²) in [5.41, 5.74) is 6.47. The van der Waals surface area contributed by atoms with Crippen molar-refractivity contribution in [1.29, 1.82) is 0 Å². The molecular formula is C20H25N5O3. The summed E-state index contributed by atoms with van der Waals surface area (Å²) in [6.45, 7) is 2.02. The summed E-state index contributed by atoms with van der Waals surface area (Å²) < 4.78 is 5.93. The van der Waals surface area contributed by atoms with E-state index < -0.39 is 5.91 Å². The number of amides is 2. The maximum atomic E-state index is 12.0. The Morgan fingerprint density at radius 1 is 1.21 bits per heavy atom. The molecule has 148 valence electrons. The van der Waals surface area contributed by atoms with Gasteiger partial charge in [-0.1, -0.05) is 0 Å². The summed E-state index contributed by atoms with van der Waals surface area (Å²) in [7, 11) is 3.53. The minimum absolute atomic E-state index is 0.0887. The van der Waals surface area contributed by atoms with Gasteiger partial charge in [0.05, 0.1) is 6.54 Å². The van der Waals surface area contributed by atoms with Gasteiger partial charge in [0.1, 0.15) is 11.4 Å². The molecule has 2 N–H and O–H groups in total. The van der Waals surface area contributed by atoms with Gasteiger partial charge in [0.25, 0.3) is 0 Å². The predicted molar refractivity (Wildman–Crippen MR) is 104 cm³/mol. The summed E-state index contributed by atoms with van der Waals surface area (Å²) in [6, 6.07) is 6.59. The van der Waals surface area contributed by atoms with Crippen LogP contribution >= 0.6 is 0 Å². The van der Waals surface area contributed by atoms with Gasteiger partial charge in [-0.05, 0) is 43.7 Å². The van der Waals surface area contributed by atoms with Gasteiger partial charge in [0.2, 0.25) is 17.7 Å². The Morgan fingerprint density at radius 2 is 1.93 bits per heavy atom. The number of likely N-dealkylation sites (tertiary alicyclic amines) is 1. The van der Waals surface area contributed by atoms with Crippen LogP contribution in [0.1, 0.15) is 34.8 Å². The highest BCUT2D eigenvalue weighted by Gasteiger charge is 2.27. The van der Waals surface area contributed by atoms with Gasteiger partial charge in [0.15, 0.2) is 0 Å². The number of ether oxygens (including phenoxy) is 1. The monoisotopic (exact) mass is 383 g/mol. The van der Waals surface area contributed by atoms with Crippen molar-refractivity contribution in [2.75, 3.05) is 33.7 Å². The van der Waals surface area contributed by atoms with Gasteiger partial charge in [-0.3, -0.25) is 19.5 Å². The van der Waals surface area contributed by atoms with E-state index in [1.54, 1.807) is 55.7 Å². The molecule has 1 aromatic carbocycles. The number of rotatable bonds is 6. The van der Waals surface area contributed by atoms with E-state index in [1.165, 1.54) is 0 Å². The van der Waals surface area contributed by atoms with Gasteiger partial charge in [-0.15, -0.1) is 0 Å². The first-order valence-corrected chi connectivity index (χ1v) is 9.25. The summed E-state index contributed by atoms with van der Waals surface area (Å²) in [5.74, 6) is 0.742. The third-order valence-corrected chi connectivity index (χ3v) is 4.79. The zero-order valence-corrected chi connectivity index (χ0v) is 16.2. The summed E-state index contributed by atoms with van der Waals surface area (Å²) in [4.78, 5) is 35.9. The molecule has 8 nitrogen and oxygen atoms in total. The second-order valence-corrected chi connectivity index (χ2v) is 7.10. The highest BCUT2D eigenvalue weighted by molar-refractivity contribution is 5.92. The van der Waals surface area contributed by atoms with Crippen LogP contribution in [0.4, 0.5) is 0 Å². The number of carbonyl (C=O) groups is 2. The van der Waals surface area contributed by atoms with E-state index in [2.05, 4.69) is 14.9 Å². The van der Waals surface area contributed by atoms with Crippen molar-refractivity contribution in [3.8, 4) is 11.6 Å². The number of primary amides is 1. The fraction of sp³-hybridized carbons (Fsp3) is 0.400. The molecule has 2 amide bonds. The molecule has 0 aliphatic carbocycles. The molecule has 0 radical (unpaired) electrons. The van der Waals surface area contributed by atoms with Gasteiger partial charge in [-0.25, -0.2) is 4.98 Å². The molecule has 1 aromatic heterocycles. The van der Waals surface area contributed by atoms with Crippen LogP contribution < -0.4 is 10.5 Å². The molecule has 0 bridgehead atoms. The van der Waals surface area contributed by atoms with Gasteiger partial charge >= 0.3 is 0 Å². The first kappa shape index (κ1) is 19.8. The number of aromatic nitrogens is 2. The van der Waals surface area contributed by atoms with Crippen LogP contribution in [0.3, 0.4) is 0 Å². The molecular weight excluding hydrogens is 358 g/mol. The van der Waals surface area contributed by atoms with E-state index in [-0.39, 0.29) is 11.8 Å². The average Bonchev–Trinajstić information content (AvgIpc) is 2.69. The van der Waals surface area contributed by atoms with Crippen LogP contribution in [0.5, 0.6) is 11.6 Å². The lowest BCUT2D eigenvalue weighted by Gasteiger charge is -2.32. The average molecular weight is 383 g/mol. The van der Waals surface area contributed by atoms with Crippen molar-refractivity contribution >= 4 is 11.8 Å². The standard InChI is InChI=1S/C20H25N5O3/c1-24(2)17(26)13-25-11-3-4-15(12-25)18-20(23-10-9-22-18)28-16-7-5-14(6-8-16)19(21)27/h5-10,15H,3-4,11-13H2,1-2H3,(H2,21,27)/t15-/m0/s1. The van der Waals surface area contributed by atoms with Crippen LogP contribution in [-0.4, -0.2) is 65.3 Å². The minimum atomic E-state index is -0.485. The van der Waals surface area contributed by atoms with Crippen LogP contribution in [-0.2, 0) is 4.79 Å². The van der Waals surface area contributed by atoms with E-state index in [0.717, 1.165) is 31.6 Å². The molecule has 0 unspecified atom stereocenters. The molecule has 1 atom stereocenters. The fourth-order valence-electron chi connectivity index (χ4n) is 3.25. The van der Waals surface area contributed by atoms with Crippen LogP contribution in [0.25, 0.3) is 0 Å². The molecule has 1 saturated heterocycles. The Hall–Kier alpha value is -3.00. The van der Waals surface area contributed by atoms with E-state index in [1.807, 2.05) is 0 Å². The number of likely N-dealkylation sites (N-methyl/N-ethyl adjacent to an activating group) is 1. The second-order valence-electron chi connectivity index (χ2n) is 7.10. The number of piperidine rings is 1. The Kier molecular flexibility index (Phi) is 6.20. The van der Waals surface area contributed by atoms with Crippen molar-refractivity contribution in [2.24, 2.45) is 5.73 Å². The summed E-state index contributed by atoms with van der Waals surface area (Å²) in [5, 5.41) is 0. The lowest BCUT2D eigenvalue weighted by molar-refractivity contribution is -0.130. The highest BCUT2D eigenvalue weighted by Crippen LogP contribution is 2.32. The van der Waals surface area contributed by atoms with Crippen molar-refractivity contribution in [3.05, 3.63) is 47.9 Å². The predicted octanol–water partition coefficient (Wildman–Crippen LogP) is 1.64. The maximum Gasteiger partial charge on any atom is 0.248 e. The molecule has 0 saturated carbocycles. The molecule has 2 aromatic rings. The number of hydrogen-bond acceptors (Lipinski definition) is 6. The quantitative estimate of drug-likeness (QED) is 0.814. The number of nitrogens with two attached hydrogens (primary N) is 1. The van der Waals surface area contributed by atoms with Gasteiger partial charge in [-0.2, -0.15) is 0 Å². The SMILES string of the molecule is CN(C)C(=O)CN1CCC[C@H](c2nccnc2Oc2ccc(C(N)=O)cc2)C1. The Bertz CT molecular complexity index is 838. The van der Waals surface area contributed by atoms with Crippen LogP contribution in [0.2, 0.25) is 0 Å². The Morgan fingerprint density at radius 3 is 2.61 bits per heavy atom. The van der Waals surface area contributed by atoms with Gasteiger partial charge < -0.3 is 15.4 Å². The number of nitrogens with zero attached hydrogens (tertiary/aromatic N) is 4. The number of hydrogen-bond donors (Lipinski definition) is 1. The second kappa shape index (κ2) is 8.79. The normalized spacial score (nSPS) is 17.1. The van der Waals surface area contributed by atoms with Crippen LogP contribution in [0.15, 0.2) is 36.7 Å². The van der Waals surface area contributed by atoms with E-state index in [9.17, 15) is 9.59 Å². The third kappa shape index (κ3) is 4.83. The Balaban J connectivity index is 1.74. The molecule has 1 aliphatic heterocycles. The lowest BCUT2D eigenvalue weighted by Crippen LogP contribution is -2.41. The summed E-state index contributed by atoms with van der Waals surface area (Å²) in [6.07, 6.45) is 5.19. The molecule has 8 heteroatoms. The maximum absolute atomic E-state index is 12.0. The summed E-state index contributed by atoms with van der Waals surface area (Å²) >= 11 is 0. The largest absolute Gasteiger partial charge is 0.437 e. The first-order chi connectivity index (χ1) is 13.4. The minimum Gasteiger partial charge on any atom is -0.437 e.